The fourth-order valence-corrected chi connectivity index (χ4v) is 0.996. The molecule has 1 aromatic rings. The first-order chi connectivity index (χ1) is 5.70. The Hall–Kier alpha value is -0.930. The first-order valence-electron chi connectivity index (χ1n) is 3.87. The molecule has 3 heteroatoms. The van der Waals surface area contributed by atoms with Gasteiger partial charge in [0.1, 0.15) is 0 Å². The van der Waals surface area contributed by atoms with Crippen molar-refractivity contribution in [1.29, 1.82) is 0 Å². The second-order valence-corrected chi connectivity index (χ2v) is 2.80. The van der Waals surface area contributed by atoms with Gasteiger partial charge in [0.25, 0.3) is 0 Å². The Morgan fingerprint density at radius 1 is 1.67 bits per heavy atom. The lowest BCUT2D eigenvalue weighted by atomic mass is 10.1. The topological polar surface area (TPSA) is 59.1 Å². The second-order valence-electron chi connectivity index (χ2n) is 2.80. The number of hydrogen-bond donors (Lipinski definition) is 2. The minimum Gasteiger partial charge on any atom is -0.388 e. The molecule has 1 radical (unpaired) electrons. The summed E-state index contributed by atoms with van der Waals surface area (Å²) in [7, 11) is 0. The van der Waals surface area contributed by atoms with Gasteiger partial charge in [-0.05, 0) is 25.0 Å². The molecule has 0 bridgehead atoms. The van der Waals surface area contributed by atoms with E-state index < -0.39 is 6.10 Å². The first kappa shape index (κ1) is 9.16. The third-order valence-electron chi connectivity index (χ3n) is 1.60. The summed E-state index contributed by atoms with van der Waals surface area (Å²) in [5, 5.41) is 9.53. The molecule has 0 aromatic carbocycles. The number of aliphatic hydroxyl groups is 1. The van der Waals surface area contributed by atoms with Gasteiger partial charge < -0.3 is 10.8 Å². The van der Waals surface area contributed by atoms with E-state index >= 15 is 0 Å². The summed E-state index contributed by atoms with van der Waals surface area (Å²) in [5.41, 5.74) is 6.23. The fraction of sp³-hybridized carbons (Fsp3) is 0.333. The van der Waals surface area contributed by atoms with Gasteiger partial charge in [-0.3, -0.25) is 4.98 Å². The highest BCUT2D eigenvalue weighted by molar-refractivity contribution is 5.11. The lowest BCUT2D eigenvalue weighted by molar-refractivity contribution is 0.162. The van der Waals surface area contributed by atoms with Gasteiger partial charge in [-0.25, -0.2) is 0 Å². The van der Waals surface area contributed by atoms with Gasteiger partial charge in [-0.15, -0.1) is 0 Å². The van der Waals surface area contributed by atoms with Crippen molar-refractivity contribution in [3.05, 3.63) is 37.0 Å². The number of pyridine rings is 1. The number of hydrogen-bond acceptors (Lipinski definition) is 3. The molecule has 0 fully saturated rings. The molecule has 65 valence electrons. The van der Waals surface area contributed by atoms with Crippen molar-refractivity contribution in [3.8, 4) is 0 Å². The van der Waals surface area contributed by atoms with E-state index in [1.807, 2.05) is 6.07 Å². The van der Waals surface area contributed by atoms with Crippen LogP contribution in [0.5, 0.6) is 0 Å². The Morgan fingerprint density at radius 3 is 2.92 bits per heavy atom. The van der Waals surface area contributed by atoms with Gasteiger partial charge in [0, 0.05) is 18.4 Å². The smallest absolute Gasteiger partial charge is 0.0819 e. The van der Waals surface area contributed by atoms with Crippen LogP contribution in [0.25, 0.3) is 0 Å². The molecule has 2 atom stereocenters. The van der Waals surface area contributed by atoms with Gasteiger partial charge in [-0.1, -0.05) is 6.07 Å². The van der Waals surface area contributed by atoms with Crippen LogP contribution in [0.1, 0.15) is 18.1 Å². The van der Waals surface area contributed by atoms with Crippen molar-refractivity contribution in [1.82, 2.24) is 4.98 Å². The van der Waals surface area contributed by atoms with E-state index in [1.165, 1.54) is 0 Å². The monoisotopic (exact) mass is 165 g/mol. The molecule has 1 aromatic heterocycles. The molecule has 0 spiro atoms. The minimum absolute atomic E-state index is 0.236. The average Bonchev–Trinajstić information content (AvgIpc) is 2.05. The van der Waals surface area contributed by atoms with E-state index in [4.69, 9.17) is 5.73 Å². The lowest BCUT2D eigenvalue weighted by Gasteiger charge is -2.12. The average molecular weight is 165 g/mol. The largest absolute Gasteiger partial charge is 0.388 e. The van der Waals surface area contributed by atoms with Crippen LogP contribution in [0.15, 0.2) is 24.5 Å². The summed E-state index contributed by atoms with van der Waals surface area (Å²) in [4.78, 5) is 3.89. The predicted octanol–water partition coefficient (Wildman–Crippen LogP) is 0.666. The predicted molar refractivity (Wildman–Crippen MR) is 47.1 cm³/mol. The molecule has 0 amide bonds. The maximum Gasteiger partial charge on any atom is 0.0819 e. The number of nitrogens with two attached hydrogens (primary N) is 1. The van der Waals surface area contributed by atoms with Crippen LogP contribution >= 0.6 is 0 Å². The summed E-state index contributed by atoms with van der Waals surface area (Å²) < 4.78 is 0. The molecule has 0 aliphatic carbocycles. The number of nitrogens with zero attached hydrogens (tertiary/aromatic N) is 1. The van der Waals surface area contributed by atoms with Crippen molar-refractivity contribution in [2.24, 2.45) is 5.73 Å². The second kappa shape index (κ2) is 4.18. The zero-order chi connectivity index (χ0) is 8.97. The van der Waals surface area contributed by atoms with Gasteiger partial charge in [0.05, 0.1) is 6.10 Å². The van der Waals surface area contributed by atoms with Crippen LogP contribution in [0.3, 0.4) is 0 Å². The lowest BCUT2D eigenvalue weighted by Crippen LogP contribution is -2.18. The highest BCUT2D eigenvalue weighted by Crippen LogP contribution is 2.15. The highest BCUT2D eigenvalue weighted by atomic mass is 16.3. The number of rotatable bonds is 3. The Morgan fingerprint density at radius 2 is 2.42 bits per heavy atom. The van der Waals surface area contributed by atoms with Gasteiger partial charge in [0.2, 0.25) is 0 Å². The zero-order valence-electron chi connectivity index (χ0n) is 6.85. The number of aromatic nitrogens is 1. The van der Waals surface area contributed by atoms with Crippen molar-refractivity contribution >= 4 is 0 Å². The molecule has 1 rings (SSSR count). The minimum atomic E-state index is -0.550. The first-order valence-corrected chi connectivity index (χ1v) is 3.87. The number of aliphatic hydroxyl groups excluding tert-OH is 1. The molecule has 12 heavy (non-hydrogen) atoms. The van der Waals surface area contributed by atoms with E-state index in [-0.39, 0.29) is 6.04 Å². The Kier molecular flexibility index (Phi) is 3.19. The quantitative estimate of drug-likeness (QED) is 0.692. The molecule has 0 saturated carbocycles. The SMILES string of the molecule is [CH2]C(N)CC(O)c1cccnc1. The molecule has 3 N–H and O–H groups in total. The summed E-state index contributed by atoms with van der Waals surface area (Å²) in [6.07, 6.45) is 3.21. The van der Waals surface area contributed by atoms with Gasteiger partial charge in [-0.2, -0.15) is 0 Å². The molecule has 3 nitrogen and oxygen atoms in total. The van der Waals surface area contributed by atoms with E-state index in [2.05, 4.69) is 11.9 Å². The third-order valence-corrected chi connectivity index (χ3v) is 1.60. The summed E-state index contributed by atoms with van der Waals surface area (Å²) in [6.45, 7) is 3.60. The van der Waals surface area contributed by atoms with E-state index in [1.54, 1.807) is 18.5 Å². The molecule has 0 aliphatic heterocycles. The molecule has 2 unspecified atom stereocenters. The van der Waals surface area contributed by atoms with Crippen molar-refractivity contribution in [2.75, 3.05) is 0 Å². The van der Waals surface area contributed by atoms with Crippen molar-refractivity contribution in [2.45, 2.75) is 18.6 Å². The highest BCUT2D eigenvalue weighted by Gasteiger charge is 2.08. The fourth-order valence-electron chi connectivity index (χ4n) is 0.996. The van der Waals surface area contributed by atoms with Crippen molar-refractivity contribution in [3.63, 3.8) is 0 Å². The maximum absolute atomic E-state index is 9.53. The summed E-state index contributed by atoms with van der Waals surface area (Å²) in [5.74, 6) is 0. The Labute approximate surface area is 72.2 Å². The Bertz CT molecular complexity index is 223. The van der Waals surface area contributed by atoms with Crippen LogP contribution < -0.4 is 5.73 Å². The van der Waals surface area contributed by atoms with E-state index in [9.17, 15) is 5.11 Å². The molecular weight excluding hydrogens is 152 g/mol. The Balaban J connectivity index is 2.59. The molecular formula is C9H13N2O. The van der Waals surface area contributed by atoms with Gasteiger partial charge in [0.15, 0.2) is 0 Å². The molecule has 0 saturated heterocycles. The van der Waals surface area contributed by atoms with E-state index in [0.717, 1.165) is 5.56 Å². The van der Waals surface area contributed by atoms with Crippen LogP contribution in [0.4, 0.5) is 0 Å². The van der Waals surface area contributed by atoms with E-state index in [0.29, 0.717) is 6.42 Å². The summed E-state index contributed by atoms with van der Waals surface area (Å²) >= 11 is 0. The van der Waals surface area contributed by atoms with Crippen LogP contribution in [0, 0.1) is 6.92 Å². The third kappa shape index (κ3) is 2.60. The molecule has 0 aliphatic rings. The summed E-state index contributed by atoms with van der Waals surface area (Å²) in [6, 6.07) is 3.37. The molecule has 1 heterocycles. The van der Waals surface area contributed by atoms with Crippen LogP contribution in [-0.2, 0) is 0 Å². The zero-order valence-corrected chi connectivity index (χ0v) is 6.85. The normalized spacial score (nSPS) is 15.6. The standard InChI is InChI=1S/C9H13N2O/c1-7(10)5-9(12)8-3-2-4-11-6-8/h2-4,6-7,9,12H,1,5,10H2. The van der Waals surface area contributed by atoms with Crippen LogP contribution in [-0.4, -0.2) is 16.1 Å². The van der Waals surface area contributed by atoms with Crippen molar-refractivity contribution < 1.29 is 5.11 Å². The maximum atomic E-state index is 9.53. The van der Waals surface area contributed by atoms with Gasteiger partial charge >= 0.3 is 0 Å². The van der Waals surface area contributed by atoms with Crippen LogP contribution in [0.2, 0.25) is 0 Å².